The second-order valence-corrected chi connectivity index (χ2v) is 6.67. The highest BCUT2D eigenvalue weighted by molar-refractivity contribution is 7.98. The van der Waals surface area contributed by atoms with Gasteiger partial charge in [-0.2, -0.15) is 0 Å². The summed E-state index contributed by atoms with van der Waals surface area (Å²) in [6.45, 7) is 2.74. The lowest BCUT2D eigenvalue weighted by Gasteiger charge is -2.12. The monoisotopic (exact) mass is 344 g/mol. The number of benzene rings is 2. The minimum Gasteiger partial charge on any atom is -0.287 e. The van der Waals surface area contributed by atoms with Gasteiger partial charge in [0.05, 0.1) is 10.9 Å². The SMILES string of the molecule is CCCn1c(SCc2cccc(Cl)c2)nc2ccccc2c1=O. The van der Waals surface area contributed by atoms with E-state index in [1.165, 1.54) is 0 Å². The molecule has 0 radical (unpaired) electrons. The zero-order valence-electron chi connectivity index (χ0n) is 12.8. The minimum atomic E-state index is 0.0334. The Morgan fingerprint density at radius 2 is 2.00 bits per heavy atom. The van der Waals surface area contributed by atoms with Gasteiger partial charge in [-0.25, -0.2) is 4.98 Å². The molecule has 3 aromatic rings. The van der Waals surface area contributed by atoms with Gasteiger partial charge < -0.3 is 0 Å². The highest BCUT2D eigenvalue weighted by Gasteiger charge is 2.11. The van der Waals surface area contributed by atoms with Crippen LogP contribution < -0.4 is 5.56 Å². The fourth-order valence-corrected chi connectivity index (χ4v) is 3.63. The molecule has 0 atom stereocenters. The molecule has 1 aromatic heterocycles. The first kappa shape index (κ1) is 16.1. The summed E-state index contributed by atoms with van der Waals surface area (Å²) in [6.07, 6.45) is 0.894. The van der Waals surface area contributed by atoms with Gasteiger partial charge in [-0.05, 0) is 36.2 Å². The molecule has 3 rings (SSSR count). The molecule has 5 heteroatoms. The molecule has 23 heavy (non-hydrogen) atoms. The van der Waals surface area contributed by atoms with Crippen molar-refractivity contribution in [3.63, 3.8) is 0 Å². The number of hydrogen-bond donors (Lipinski definition) is 0. The second kappa shape index (κ2) is 7.20. The lowest BCUT2D eigenvalue weighted by molar-refractivity contribution is 0.585. The van der Waals surface area contributed by atoms with Crippen molar-refractivity contribution in [2.75, 3.05) is 0 Å². The van der Waals surface area contributed by atoms with Gasteiger partial charge in [-0.1, -0.05) is 54.6 Å². The molecular weight excluding hydrogens is 328 g/mol. The Labute approximate surface area is 144 Å². The molecule has 0 N–H and O–H groups in total. The summed E-state index contributed by atoms with van der Waals surface area (Å²) in [4.78, 5) is 17.4. The molecule has 0 spiro atoms. The van der Waals surface area contributed by atoms with E-state index in [2.05, 4.69) is 11.9 Å². The molecular formula is C18H17ClN2OS. The van der Waals surface area contributed by atoms with Crippen molar-refractivity contribution in [2.24, 2.45) is 0 Å². The number of para-hydroxylation sites is 1. The van der Waals surface area contributed by atoms with Crippen LogP contribution in [0.2, 0.25) is 5.02 Å². The standard InChI is InChI=1S/C18H17ClN2OS/c1-2-10-21-17(22)15-8-3-4-9-16(15)20-18(21)23-12-13-6-5-7-14(19)11-13/h3-9,11H,2,10,12H2,1H3. The Bertz CT molecular complexity index is 892. The summed E-state index contributed by atoms with van der Waals surface area (Å²) < 4.78 is 1.78. The average molecular weight is 345 g/mol. The predicted octanol–water partition coefficient (Wildman–Crippen LogP) is 4.75. The molecule has 0 fully saturated rings. The largest absolute Gasteiger partial charge is 0.287 e. The van der Waals surface area contributed by atoms with Gasteiger partial charge in [0.2, 0.25) is 0 Å². The van der Waals surface area contributed by atoms with Gasteiger partial charge in [-0.15, -0.1) is 0 Å². The first-order valence-electron chi connectivity index (χ1n) is 7.56. The molecule has 3 nitrogen and oxygen atoms in total. The molecule has 2 aromatic carbocycles. The maximum absolute atomic E-state index is 12.7. The fraction of sp³-hybridized carbons (Fsp3) is 0.222. The summed E-state index contributed by atoms with van der Waals surface area (Å²) in [5.74, 6) is 0.731. The van der Waals surface area contributed by atoms with Crippen LogP contribution in [0.15, 0.2) is 58.5 Å². The molecule has 1 heterocycles. The van der Waals surface area contributed by atoms with E-state index < -0.39 is 0 Å². The Hall–Kier alpha value is -1.78. The summed E-state index contributed by atoms with van der Waals surface area (Å²) in [5.41, 5.74) is 1.90. The Morgan fingerprint density at radius 3 is 2.78 bits per heavy atom. The fourth-order valence-electron chi connectivity index (χ4n) is 2.45. The topological polar surface area (TPSA) is 34.9 Å². The molecule has 0 amide bonds. The maximum Gasteiger partial charge on any atom is 0.262 e. The third kappa shape index (κ3) is 3.59. The molecule has 0 aliphatic heterocycles. The van der Waals surface area contributed by atoms with Crippen LogP contribution in [0.3, 0.4) is 0 Å². The molecule has 0 bridgehead atoms. The van der Waals surface area contributed by atoms with Gasteiger partial charge in [0.15, 0.2) is 5.16 Å². The second-order valence-electron chi connectivity index (χ2n) is 5.29. The van der Waals surface area contributed by atoms with Crippen molar-refractivity contribution in [3.8, 4) is 0 Å². The lowest BCUT2D eigenvalue weighted by Crippen LogP contribution is -2.23. The number of rotatable bonds is 5. The number of halogens is 1. The van der Waals surface area contributed by atoms with Crippen molar-refractivity contribution in [1.29, 1.82) is 0 Å². The highest BCUT2D eigenvalue weighted by Crippen LogP contribution is 2.23. The van der Waals surface area contributed by atoms with Crippen molar-refractivity contribution in [3.05, 3.63) is 69.5 Å². The van der Waals surface area contributed by atoms with Crippen LogP contribution in [0, 0.1) is 0 Å². The third-order valence-corrected chi connectivity index (χ3v) is 4.81. The Balaban J connectivity index is 1.98. The molecule has 0 saturated heterocycles. The van der Waals surface area contributed by atoms with Crippen molar-refractivity contribution < 1.29 is 0 Å². The molecule has 0 unspecified atom stereocenters. The maximum atomic E-state index is 12.7. The molecule has 0 saturated carbocycles. The number of fused-ring (bicyclic) bond motifs is 1. The van der Waals surface area contributed by atoms with E-state index >= 15 is 0 Å². The van der Waals surface area contributed by atoms with Crippen molar-refractivity contribution in [2.45, 2.75) is 30.8 Å². The van der Waals surface area contributed by atoms with Crippen LogP contribution in [-0.4, -0.2) is 9.55 Å². The summed E-state index contributed by atoms with van der Waals surface area (Å²) in [6, 6.07) is 15.3. The van der Waals surface area contributed by atoms with Gasteiger partial charge in [-0.3, -0.25) is 9.36 Å². The first-order chi connectivity index (χ1) is 11.2. The van der Waals surface area contributed by atoms with E-state index in [-0.39, 0.29) is 5.56 Å². The minimum absolute atomic E-state index is 0.0334. The van der Waals surface area contributed by atoms with Gasteiger partial charge in [0.25, 0.3) is 5.56 Å². The van der Waals surface area contributed by atoms with E-state index in [1.807, 2.05) is 48.5 Å². The Kier molecular flexibility index (Phi) is 5.03. The van der Waals surface area contributed by atoms with E-state index in [9.17, 15) is 4.79 Å². The zero-order chi connectivity index (χ0) is 16.2. The van der Waals surface area contributed by atoms with E-state index in [0.29, 0.717) is 11.9 Å². The molecule has 0 aliphatic rings. The highest BCUT2D eigenvalue weighted by atomic mass is 35.5. The van der Waals surface area contributed by atoms with Crippen LogP contribution >= 0.6 is 23.4 Å². The van der Waals surface area contributed by atoms with Gasteiger partial charge in [0, 0.05) is 17.3 Å². The van der Waals surface area contributed by atoms with Crippen molar-refractivity contribution in [1.82, 2.24) is 9.55 Å². The lowest BCUT2D eigenvalue weighted by atomic mass is 10.2. The van der Waals surface area contributed by atoms with Crippen molar-refractivity contribution >= 4 is 34.3 Å². The third-order valence-electron chi connectivity index (χ3n) is 3.53. The van der Waals surface area contributed by atoms with E-state index in [1.54, 1.807) is 16.3 Å². The summed E-state index contributed by atoms with van der Waals surface area (Å²) in [7, 11) is 0. The van der Waals surface area contributed by atoms with Gasteiger partial charge >= 0.3 is 0 Å². The molecule has 118 valence electrons. The quantitative estimate of drug-likeness (QED) is 0.494. The first-order valence-corrected chi connectivity index (χ1v) is 8.92. The average Bonchev–Trinajstić information content (AvgIpc) is 2.56. The molecule has 0 aliphatic carbocycles. The van der Waals surface area contributed by atoms with Crippen LogP contribution in [-0.2, 0) is 12.3 Å². The summed E-state index contributed by atoms with van der Waals surface area (Å²) >= 11 is 7.60. The number of thioether (sulfide) groups is 1. The number of aromatic nitrogens is 2. The van der Waals surface area contributed by atoms with Crippen LogP contribution in [0.4, 0.5) is 0 Å². The van der Waals surface area contributed by atoms with Crippen LogP contribution in [0.5, 0.6) is 0 Å². The number of hydrogen-bond acceptors (Lipinski definition) is 3. The van der Waals surface area contributed by atoms with E-state index in [0.717, 1.165) is 33.4 Å². The van der Waals surface area contributed by atoms with Crippen LogP contribution in [0.25, 0.3) is 10.9 Å². The Morgan fingerprint density at radius 1 is 1.17 bits per heavy atom. The van der Waals surface area contributed by atoms with E-state index in [4.69, 9.17) is 11.6 Å². The normalized spacial score (nSPS) is 11.0. The predicted molar refractivity (Wildman–Crippen MR) is 97.3 cm³/mol. The zero-order valence-corrected chi connectivity index (χ0v) is 14.4. The smallest absolute Gasteiger partial charge is 0.262 e. The summed E-state index contributed by atoms with van der Waals surface area (Å²) in [5, 5.41) is 2.16. The number of nitrogens with zero attached hydrogens (tertiary/aromatic N) is 2. The van der Waals surface area contributed by atoms with Gasteiger partial charge in [0.1, 0.15) is 0 Å². The van der Waals surface area contributed by atoms with Crippen LogP contribution in [0.1, 0.15) is 18.9 Å².